The maximum atomic E-state index is 12.2. The van der Waals surface area contributed by atoms with Crippen molar-refractivity contribution in [3.8, 4) is 0 Å². The van der Waals surface area contributed by atoms with Crippen LogP contribution in [0.2, 0.25) is 0 Å². The summed E-state index contributed by atoms with van der Waals surface area (Å²) in [6, 6.07) is 7.33. The van der Waals surface area contributed by atoms with E-state index in [4.69, 9.17) is 0 Å². The van der Waals surface area contributed by atoms with Crippen molar-refractivity contribution in [1.29, 1.82) is 0 Å². The number of anilines is 1. The Morgan fingerprint density at radius 1 is 1.19 bits per heavy atom. The summed E-state index contributed by atoms with van der Waals surface area (Å²) in [5, 5.41) is 9.95. The number of para-hydroxylation sites is 1. The predicted molar refractivity (Wildman–Crippen MR) is 106 cm³/mol. The van der Waals surface area contributed by atoms with Gasteiger partial charge in [0, 0.05) is 22.3 Å². The van der Waals surface area contributed by atoms with Gasteiger partial charge in [-0.3, -0.25) is 14.3 Å². The van der Waals surface area contributed by atoms with Crippen molar-refractivity contribution in [2.45, 2.75) is 40.7 Å². The number of nitrogens with zero attached hydrogens (tertiary/aromatic N) is 2. The van der Waals surface area contributed by atoms with Gasteiger partial charge in [0.2, 0.25) is 11.8 Å². The average molecular weight is 421 g/mol. The van der Waals surface area contributed by atoms with E-state index in [-0.39, 0.29) is 24.8 Å². The lowest BCUT2D eigenvalue weighted by molar-refractivity contribution is -0.123. The van der Waals surface area contributed by atoms with Crippen LogP contribution in [0.1, 0.15) is 30.8 Å². The minimum atomic E-state index is -0.269. The van der Waals surface area contributed by atoms with E-state index in [1.54, 1.807) is 6.07 Å². The van der Waals surface area contributed by atoms with Gasteiger partial charge in [0.1, 0.15) is 0 Å². The molecule has 2 N–H and O–H groups in total. The van der Waals surface area contributed by atoms with E-state index in [1.807, 2.05) is 36.7 Å². The molecule has 1 aromatic heterocycles. The molecule has 2 amide bonds. The highest BCUT2D eigenvalue weighted by Crippen LogP contribution is 2.20. The lowest BCUT2D eigenvalue weighted by Crippen LogP contribution is -2.34. The first-order valence-electron chi connectivity index (χ1n) is 8.62. The molecule has 7 heteroatoms. The molecule has 0 aliphatic heterocycles. The number of rotatable bonds is 7. The lowest BCUT2D eigenvalue weighted by Gasteiger charge is -2.09. The summed E-state index contributed by atoms with van der Waals surface area (Å²) in [6.07, 6.45) is 0.220. The van der Waals surface area contributed by atoms with E-state index >= 15 is 0 Å². The summed E-state index contributed by atoms with van der Waals surface area (Å²) in [4.78, 5) is 24.3. The molecule has 0 atom stereocenters. The molecule has 1 aromatic carbocycles. The quantitative estimate of drug-likeness (QED) is 0.721. The van der Waals surface area contributed by atoms with Crippen molar-refractivity contribution in [3.63, 3.8) is 0 Å². The number of hydrogen-bond acceptors (Lipinski definition) is 3. The Morgan fingerprint density at radius 3 is 2.54 bits per heavy atom. The van der Waals surface area contributed by atoms with Crippen LogP contribution in [0.4, 0.5) is 5.69 Å². The molecule has 6 nitrogen and oxygen atoms in total. The molecule has 0 aliphatic rings. The zero-order chi connectivity index (χ0) is 19.3. The van der Waals surface area contributed by atoms with Gasteiger partial charge in [-0.1, -0.05) is 26.0 Å². The van der Waals surface area contributed by atoms with Crippen molar-refractivity contribution in [3.05, 3.63) is 45.7 Å². The van der Waals surface area contributed by atoms with Gasteiger partial charge < -0.3 is 10.6 Å². The van der Waals surface area contributed by atoms with Crippen molar-refractivity contribution in [2.75, 3.05) is 11.9 Å². The third-order valence-electron chi connectivity index (χ3n) is 4.00. The van der Waals surface area contributed by atoms with Gasteiger partial charge in [-0.15, -0.1) is 0 Å². The second kappa shape index (κ2) is 8.98. The highest BCUT2D eigenvalue weighted by molar-refractivity contribution is 9.10. The molecule has 1 heterocycles. The van der Waals surface area contributed by atoms with Crippen molar-refractivity contribution in [2.24, 2.45) is 5.92 Å². The third-order valence-corrected chi connectivity index (χ3v) is 4.69. The van der Waals surface area contributed by atoms with Crippen LogP contribution in [0.25, 0.3) is 0 Å². The number of amides is 2. The molecule has 0 saturated carbocycles. The van der Waals surface area contributed by atoms with Crippen molar-refractivity contribution in [1.82, 2.24) is 15.1 Å². The molecule has 140 valence electrons. The Bertz CT molecular complexity index is 799. The summed E-state index contributed by atoms with van der Waals surface area (Å²) in [6.45, 7) is 8.90. The van der Waals surface area contributed by atoms with E-state index < -0.39 is 0 Å². The molecule has 2 aromatic rings. The molecule has 2 rings (SSSR count). The molecule has 0 spiro atoms. The Hall–Kier alpha value is -2.15. The minimum Gasteiger partial charge on any atom is -0.347 e. The first-order chi connectivity index (χ1) is 12.3. The van der Waals surface area contributed by atoms with E-state index in [0.717, 1.165) is 28.0 Å². The van der Waals surface area contributed by atoms with Crippen molar-refractivity contribution < 1.29 is 9.59 Å². The summed E-state index contributed by atoms with van der Waals surface area (Å²) in [5.41, 5.74) is 3.46. The van der Waals surface area contributed by atoms with Crippen LogP contribution < -0.4 is 10.6 Å². The maximum Gasteiger partial charge on any atom is 0.243 e. The topological polar surface area (TPSA) is 76.0 Å². The SMILES string of the molecule is Cc1nn(CC(C)C)c(C)c1CC(=O)NCC(=O)Nc1ccccc1Br. The molecule has 26 heavy (non-hydrogen) atoms. The Labute approximate surface area is 162 Å². The predicted octanol–water partition coefficient (Wildman–Crippen LogP) is 3.22. The molecule has 0 saturated heterocycles. The highest BCUT2D eigenvalue weighted by Gasteiger charge is 2.16. The minimum absolute atomic E-state index is 0.0710. The van der Waals surface area contributed by atoms with Gasteiger partial charge in [0.15, 0.2) is 0 Å². The smallest absolute Gasteiger partial charge is 0.243 e. The first kappa shape index (κ1) is 20.2. The van der Waals surface area contributed by atoms with Gasteiger partial charge >= 0.3 is 0 Å². The van der Waals surface area contributed by atoms with Gasteiger partial charge in [0.05, 0.1) is 24.3 Å². The highest BCUT2D eigenvalue weighted by atomic mass is 79.9. The number of aromatic nitrogens is 2. The second-order valence-corrected chi connectivity index (χ2v) is 7.56. The van der Waals surface area contributed by atoms with E-state index in [1.165, 1.54) is 0 Å². The van der Waals surface area contributed by atoms with Crippen molar-refractivity contribution >= 4 is 33.4 Å². The largest absolute Gasteiger partial charge is 0.347 e. The number of nitrogens with one attached hydrogen (secondary N) is 2. The average Bonchev–Trinajstić information content (AvgIpc) is 2.82. The zero-order valence-electron chi connectivity index (χ0n) is 15.6. The fourth-order valence-electron chi connectivity index (χ4n) is 2.67. The fourth-order valence-corrected chi connectivity index (χ4v) is 3.06. The monoisotopic (exact) mass is 420 g/mol. The maximum absolute atomic E-state index is 12.2. The van der Waals surface area contributed by atoms with Gasteiger partial charge in [0.25, 0.3) is 0 Å². The Balaban J connectivity index is 1.90. The lowest BCUT2D eigenvalue weighted by atomic mass is 10.1. The third kappa shape index (κ3) is 5.42. The molecular weight excluding hydrogens is 396 g/mol. The molecule has 0 bridgehead atoms. The number of aryl methyl sites for hydroxylation is 1. The molecule has 0 aliphatic carbocycles. The Kier molecular flexibility index (Phi) is 6.97. The van der Waals surface area contributed by atoms with Crippen LogP contribution in [0.15, 0.2) is 28.7 Å². The van der Waals surface area contributed by atoms with E-state index in [2.05, 4.69) is 45.5 Å². The molecule has 0 radical (unpaired) electrons. The van der Waals surface area contributed by atoms with Crippen LogP contribution in [0, 0.1) is 19.8 Å². The fraction of sp³-hybridized carbons (Fsp3) is 0.421. The van der Waals surface area contributed by atoms with Crippen LogP contribution in [-0.2, 0) is 22.6 Å². The number of hydrogen-bond donors (Lipinski definition) is 2. The Morgan fingerprint density at radius 2 is 1.88 bits per heavy atom. The summed E-state index contributed by atoms with van der Waals surface area (Å²) < 4.78 is 2.74. The summed E-state index contributed by atoms with van der Waals surface area (Å²) in [7, 11) is 0. The number of halogens is 1. The number of carbonyl (C=O) groups is 2. The van der Waals surface area contributed by atoms with Crippen LogP contribution in [0.3, 0.4) is 0 Å². The summed E-state index contributed by atoms with van der Waals surface area (Å²) >= 11 is 3.37. The van der Waals surface area contributed by atoms with Crippen LogP contribution in [-0.4, -0.2) is 28.1 Å². The van der Waals surface area contributed by atoms with Gasteiger partial charge in [-0.05, 0) is 47.8 Å². The molecule has 0 unspecified atom stereocenters. The van der Waals surface area contributed by atoms with E-state index in [0.29, 0.717) is 11.6 Å². The number of benzene rings is 1. The second-order valence-electron chi connectivity index (χ2n) is 6.71. The molecular formula is C19H25BrN4O2. The van der Waals surface area contributed by atoms with Crippen LogP contribution in [0.5, 0.6) is 0 Å². The van der Waals surface area contributed by atoms with Gasteiger partial charge in [-0.25, -0.2) is 0 Å². The summed E-state index contributed by atoms with van der Waals surface area (Å²) in [5.74, 6) is 0.0208. The van der Waals surface area contributed by atoms with Gasteiger partial charge in [-0.2, -0.15) is 5.10 Å². The zero-order valence-corrected chi connectivity index (χ0v) is 17.2. The number of carbonyl (C=O) groups excluding carboxylic acids is 2. The van der Waals surface area contributed by atoms with E-state index in [9.17, 15) is 9.59 Å². The molecule has 0 fully saturated rings. The standard InChI is InChI=1S/C19H25BrN4O2/c1-12(2)11-24-14(4)15(13(3)23-24)9-18(25)21-10-19(26)22-17-8-6-5-7-16(17)20/h5-8,12H,9-11H2,1-4H3,(H,21,25)(H,22,26). The van der Waals surface area contributed by atoms with Crippen LogP contribution >= 0.6 is 15.9 Å². The first-order valence-corrected chi connectivity index (χ1v) is 9.41. The normalized spacial score (nSPS) is 10.8.